The molecule has 2 N–H and O–H groups in total. The van der Waals surface area contributed by atoms with Crippen molar-refractivity contribution in [2.24, 2.45) is 0 Å². The van der Waals surface area contributed by atoms with Gasteiger partial charge in [0.15, 0.2) is 0 Å². The van der Waals surface area contributed by atoms with Crippen molar-refractivity contribution in [3.05, 3.63) is 36.4 Å². The van der Waals surface area contributed by atoms with Gasteiger partial charge >= 0.3 is 18.9 Å². The minimum Gasteiger partial charge on any atom is -0.744 e. The third-order valence-corrected chi connectivity index (χ3v) is 9.01. The zero-order valence-corrected chi connectivity index (χ0v) is 27.6. The van der Waals surface area contributed by atoms with Gasteiger partial charge in [0, 0.05) is 29.5 Å². The van der Waals surface area contributed by atoms with E-state index in [1.165, 1.54) is 83.1 Å². The van der Waals surface area contributed by atoms with Crippen LogP contribution >= 0.6 is 0 Å². The zero-order chi connectivity index (χ0) is 29.9. The Morgan fingerprint density at radius 3 is 1.48 bits per heavy atom. The second-order valence-corrected chi connectivity index (χ2v) is 13.2. The molecule has 2 atom stereocenters. The summed E-state index contributed by atoms with van der Waals surface area (Å²) in [6.45, 7) is 5.14. The van der Waals surface area contributed by atoms with Gasteiger partial charge < -0.3 is 19.7 Å². The summed E-state index contributed by atoms with van der Waals surface area (Å²) >= 11 is 0. The van der Waals surface area contributed by atoms with Crippen LogP contribution in [0.2, 0.25) is 0 Å². The normalized spacial score (nSPS) is 13.2. The van der Waals surface area contributed by atoms with E-state index in [0.717, 1.165) is 31.4 Å². The summed E-state index contributed by atoms with van der Waals surface area (Å²) in [7, 11) is -4.64. The Morgan fingerprint density at radius 1 is 0.643 bits per heavy atom. The van der Waals surface area contributed by atoms with E-state index in [9.17, 15) is 23.2 Å². The summed E-state index contributed by atoms with van der Waals surface area (Å²) in [5.74, 6) is 0. The molecule has 0 saturated carbocycles. The molecule has 0 bridgehead atoms. The van der Waals surface area contributed by atoms with E-state index < -0.39 is 22.3 Å². The molecule has 8 heteroatoms. The molecule has 0 heterocycles. The molecule has 0 spiro atoms. The number of anilines is 1. The fourth-order valence-corrected chi connectivity index (χ4v) is 6.42. The first-order chi connectivity index (χ1) is 19.8. The number of rotatable bonds is 24. The standard InChI is InChI=1S/C34H57NO5S.Li/c1-3-5-7-9-11-13-15-17-21-29(36)27-35(28-30(37)22-18-16-14-12-10-8-6-4-2)33-25-26-34(41(38,39)40)32-24-20-19-23-31(32)33;/h19-20,23-26,29-30,36-37H,3-18,21-22,27-28H2,1-2H3,(H,38,39,40);/q;+1/p-1. The Balaban J connectivity index is 0.00000882. The van der Waals surface area contributed by atoms with Crippen molar-refractivity contribution < 1.29 is 42.0 Å². The van der Waals surface area contributed by atoms with Crippen LogP contribution in [0.1, 0.15) is 129 Å². The molecule has 2 aromatic rings. The van der Waals surface area contributed by atoms with Crippen LogP contribution in [0.4, 0.5) is 5.69 Å². The summed E-state index contributed by atoms with van der Waals surface area (Å²) in [5, 5.41) is 23.0. The maximum atomic E-state index is 11.9. The number of nitrogens with zero attached hydrogens (tertiary/aromatic N) is 1. The third-order valence-electron chi connectivity index (χ3n) is 8.12. The molecule has 234 valence electrons. The number of benzene rings is 2. The van der Waals surface area contributed by atoms with Gasteiger partial charge in [-0.05, 0) is 25.0 Å². The SMILES string of the molecule is CCCCCCCCCCC(O)CN(CC(O)CCCCCCCCCC)c1ccc(S(=O)(=O)[O-])c2ccccc12.[Li+]. The average Bonchev–Trinajstić information content (AvgIpc) is 2.94. The predicted molar refractivity (Wildman–Crippen MR) is 171 cm³/mol. The Morgan fingerprint density at radius 2 is 1.05 bits per heavy atom. The van der Waals surface area contributed by atoms with E-state index >= 15 is 0 Å². The van der Waals surface area contributed by atoms with Gasteiger partial charge in [0.1, 0.15) is 10.1 Å². The van der Waals surface area contributed by atoms with E-state index in [2.05, 4.69) is 13.8 Å². The van der Waals surface area contributed by atoms with Crippen LogP contribution in [0.5, 0.6) is 0 Å². The molecule has 0 aliphatic heterocycles. The van der Waals surface area contributed by atoms with Crippen molar-refractivity contribution in [3.8, 4) is 0 Å². The Bertz CT molecular complexity index is 1050. The summed E-state index contributed by atoms with van der Waals surface area (Å²) in [5.41, 5.74) is 0.734. The molecule has 0 radical (unpaired) electrons. The van der Waals surface area contributed by atoms with Crippen LogP contribution < -0.4 is 23.8 Å². The summed E-state index contributed by atoms with van der Waals surface area (Å²) in [6, 6.07) is 10.0. The molecule has 0 fully saturated rings. The monoisotopic (exact) mass is 597 g/mol. The van der Waals surface area contributed by atoms with Gasteiger partial charge in [-0.1, -0.05) is 141 Å². The minimum atomic E-state index is -4.64. The van der Waals surface area contributed by atoms with Crippen molar-refractivity contribution in [1.29, 1.82) is 0 Å². The molecule has 0 saturated heterocycles. The van der Waals surface area contributed by atoms with Crippen molar-refractivity contribution in [3.63, 3.8) is 0 Å². The maximum Gasteiger partial charge on any atom is 1.00 e. The molecule has 42 heavy (non-hydrogen) atoms. The predicted octanol–water partition coefficient (Wildman–Crippen LogP) is 5.34. The number of aliphatic hydroxyl groups is 2. The van der Waals surface area contributed by atoms with Crippen molar-refractivity contribution in [1.82, 2.24) is 0 Å². The molecule has 2 unspecified atom stereocenters. The smallest absolute Gasteiger partial charge is 0.744 e. The van der Waals surface area contributed by atoms with Gasteiger partial charge in [-0.3, -0.25) is 0 Å². The first-order valence-corrected chi connectivity index (χ1v) is 17.8. The van der Waals surface area contributed by atoms with Crippen molar-refractivity contribution >= 4 is 26.6 Å². The van der Waals surface area contributed by atoms with Gasteiger partial charge in [0.2, 0.25) is 0 Å². The third kappa shape index (κ3) is 15.1. The van der Waals surface area contributed by atoms with Crippen LogP contribution in [0.25, 0.3) is 10.8 Å². The molecule has 6 nitrogen and oxygen atoms in total. The van der Waals surface area contributed by atoms with Crippen LogP contribution in [0.3, 0.4) is 0 Å². The molecule has 0 amide bonds. The molecule has 0 aliphatic rings. The summed E-state index contributed by atoms with van der Waals surface area (Å²) in [6.07, 6.45) is 19.5. The molecule has 0 aliphatic carbocycles. The average molecular weight is 598 g/mol. The van der Waals surface area contributed by atoms with Gasteiger partial charge in [-0.15, -0.1) is 0 Å². The van der Waals surface area contributed by atoms with Gasteiger partial charge in [-0.25, -0.2) is 8.42 Å². The van der Waals surface area contributed by atoms with Crippen LogP contribution in [0.15, 0.2) is 41.3 Å². The number of fused-ring (bicyclic) bond motifs is 1. The first kappa shape index (κ1) is 39.0. The Hall–Kier alpha value is -1.07. The van der Waals surface area contributed by atoms with Crippen molar-refractivity contribution in [2.45, 2.75) is 147 Å². The molecule has 0 aromatic heterocycles. The summed E-state index contributed by atoms with van der Waals surface area (Å²) in [4.78, 5) is 1.74. The Kier molecular flexibility index (Phi) is 20.8. The Labute approximate surface area is 268 Å². The van der Waals surface area contributed by atoms with Crippen molar-refractivity contribution in [2.75, 3.05) is 18.0 Å². The minimum absolute atomic E-state index is 0. The zero-order valence-electron chi connectivity index (χ0n) is 26.7. The number of hydrogen-bond acceptors (Lipinski definition) is 6. The maximum absolute atomic E-state index is 11.9. The van der Waals surface area contributed by atoms with Crippen LogP contribution in [-0.2, 0) is 10.1 Å². The van der Waals surface area contributed by atoms with Crippen LogP contribution in [-0.4, -0.2) is 48.5 Å². The fourth-order valence-electron chi connectivity index (χ4n) is 5.74. The van der Waals surface area contributed by atoms with E-state index in [1.807, 2.05) is 17.0 Å². The molecular weight excluding hydrogens is 541 g/mol. The second kappa shape index (κ2) is 22.4. The topological polar surface area (TPSA) is 101 Å². The molecular formula is C34H56LiNO5S. The number of aliphatic hydroxyl groups excluding tert-OH is 2. The number of unbranched alkanes of at least 4 members (excludes halogenated alkanes) is 14. The quantitative estimate of drug-likeness (QED) is 0.0963. The molecule has 2 rings (SSSR count). The van der Waals surface area contributed by atoms with E-state index in [0.29, 0.717) is 36.7 Å². The van der Waals surface area contributed by atoms with E-state index in [-0.39, 0.29) is 23.8 Å². The number of hydrogen-bond donors (Lipinski definition) is 2. The second-order valence-electron chi connectivity index (χ2n) is 11.8. The van der Waals surface area contributed by atoms with Crippen LogP contribution in [0, 0.1) is 0 Å². The summed E-state index contributed by atoms with van der Waals surface area (Å²) < 4.78 is 35.8. The van der Waals surface area contributed by atoms with E-state index in [1.54, 1.807) is 18.2 Å². The van der Waals surface area contributed by atoms with Gasteiger partial charge in [0.05, 0.1) is 17.1 Å². The van der Waals surface area contributed by atoms with E-state index in [4.69, 9.17) is 0 Å². The largest absolute Gasteiger partial charge is 1.00 e. The van der Waals surface area contributed by atoms with Gasteiger partial charge in [0.25, 0.3) is 0 Å². The fraction of sp³-hybridized carbons (Fsp3) is 0.706. The van der Waals surface area contributed by atoms with Gasteiger partial charge in [-0.2, -0.15) is 0 Å². The first-order valence-electron chi connectivity index (χ1n) is 16.4. The molecule has 2 aromatic carbocycles.